The number of aliphatic hydroxyl groups excluding tert-OH is 1. The van der Waals surface area contributed by atoms with Crippen LogP contribution in [0.2, 0.25) is 0 Å². The summed E-state index contributed by atoms with van der Waals surface area (Å²) < 4.78 is 10.6. The molecule has 1 aromatic rings. The molecule has 11 nitrogen and oxygen atoms in total. The smallest absolute Gasteiger partial charge is 0.344 e. The Morgan fingerprint density at radius 3 is 2.39 bits per heavy atom. The number of Topliss-reactive ketones (excluding diaryl/α,β-unsaturated/α-hetero) is 2. The number of aliphatic hydroxyl groups is 2. The number of phenolic OH excluding ortho intramolecular Hbond substituents is 1. The van der Waals surface area contributed by atoms with Gasteiger partial charge in [-0.3, -0.25) is 19.3 Å². The quantitative estimate of drug-likeness (QED) is 0.234. The van der Waals surface area contributed by atoms with Crippen LogP contribution in [0.15, 0.2) is 35.1 Å². The molecule has 5 N–H and O–H groups in total. The lowest BCUT2D eigenvalue weighted by Crippen LogP contribution is -2.74. The first kappa shape index (κ1) is 27.3. The maximum Gasteiger partial charge on any atom is 0.344 e. The first-order valence-corrected chi connectivity index (χ1v) is 12.2. The van der Waals surface area contributed by atoms with E-state index in [9.17, 15) is 34.5 Å². The van der Waals surface area contributed by atoms with Gasteiger partial charge in [-0.1, -0.05) is 26.0 Å². The van der Waals surface area contributed by atoms with Crippen LogP contribution in [0.1, 0.15) is 38.3 Å². The molecule has 38 heavy (non-hydrogen) atoms. The average molecular weight is 529 g/mol. The number of carbonyl (C=O) groups is 4. The van der Waals surface area contributed by atoms with Crippen molar-refractivity contribution in [3.63, 3.8) is 0 Å². The number of esters is 1. The molecule has 4 atom stereocenters. The lowest BCUT2D eigenvalue weighted by atomic mass is 9.45. The van der Waals surface area contributed by atoms with Gasteiger partial charge in [0, 0.05) is 16.4 Å². The van der Waals surface area contributed by atoms with Crippen molar-refractivity contribution in [3.8, 4) is 5.75 Å². The monoisotopic (exact) mass is 528 g/mol. The Morgan fingerprint density at radius 2 is 1.82 bits per heavy atom. The van der Waals surface area contributed by atoms with Crippen molar-refractivity contribution < 1.29 is 44.0 Å². The standard InChI is InChI=1S/C27H32N2O9/c1-6-37-15(31)11-38-20-17(24(28)35)22(33)27(36)23(34)18-19(32)16-13(8-7-9-14(16)30)10-25(18,2)12-26(27,3)21(20)29(4)5/h7-9,21,30,32,36H,6,10-12H2,1-5H3,(H2,28,35)/t21-,25+,26+,27-/m1/s1. The first-order valence-electron chi connectivity index (χ1n) is 12.2. The number of amides is 1. The molecular weight excluding hydrogens is 496 g/mol. The Hall–Kier alpha value is -3.70. The van der Waals surface area contributed by atoms with E-state index in [1.807, 2.05) is 0 Å². The number of hydrogen-bond acceptors (Lipinski definition) is 10. The predicted octanol–water partition coefficient (Wildman–Crippen LogP) is 0.766. The summed E-state index contributed by atoms with van der Waals surface area (Å²) in [6, 6.07) is 3.64. The summed E-state index contributed by atoms with van der Waals surface area (Å²) in [7, 11) is 3.23. The molecule has 0 unspecified atom stereocenters. The average Bonchev–Trinajstić information content (AvgIpc) is 2.79. The number of phenols is 1. The number of fused-ring (bicyclic) bond motifs is 3. The van der Waals surface area contributed by atoms with E-state index in [-0.39, 0.29) is 42.1 Å². The number of rotatable bonds is 6. The molecule has 1 saturated carbocycles. The molecule has 4 rings (SSSR count). The van der Waals surface area contributed by atoms with Crippen molar-refractivity contribution in [2.24, 2.45) is 16.6 Å². The number of nitrogens with zero attached hydrogens (tertiary/aromatic N) is 1. The Kier molecular flexibility index (Phi) is 6.44. The van der Waals surface area contributed by atoms with Gasteiger partial charge >= 0.3 is 5.97 Å². The van der Waals surface area contributed by atoms with Crippen molar-refractivity contribution in [2.45, 2.75) is 45.3 Å². The van der Waals surface area contributed by atoms with E-state index in [1.165, 1.54) is 13.0 Å². The van der Waals surface area contributed by atoms with E-state index in [4.69, 9.17) is 15.2 Å². The third kappa shape index (κ3) is 3.56. The summed E-state index contributed by atoms with van der Waals surface area (Å²) in [6.07, 6.45) is 0.205. The molecule has 0 saturated heterocycles. The summed E-state index contributed by atoms with van der Waals surface area (Å²) in [4.78, 5) is 54.3. The van der Waals surface area contributed by atoms with E-state index < -0.39 is 63.9 Å². The zero-order valence-electron chi connectivity index (χ0n) is 22.0. The van der Waals surface area contributed by atoms with E-state index in [0.717, 1.165) is 0 Å². The SMILES string of the molecule is CCOC(=O)COC1=C(C(N)=O)C(=O)[C@@]2(O)C(=O)C3=C(O)c4c(O)cccc4C[C@@]3(C)C[C@@]2(C)[C@@H]1N(C)C. The second-order valence-electron chi connectivity index (χ2n) is 10.8. The highest BCUT2D eigenvalue weighted by atomic mass is 16.6. The van der Waals surface area contributed by atoms with Gasteiger partial charge < -0.3 is 30.5 Å². The molecule has 0 radical (unpaired) electrons. The molecule has 1 aromatic carbocycles. The summed E-state index contributed by atoms with van der Waals surface area (Å²) in [5.41, 5.74) is -0.235. The molecule has 1 fully saturated rings. The minimum absolute atomic E-state index is 0.0103. The largest absolute Gasteiger partial charge is 0.507 e. The highest BCUT2D eigenvalue weighted by Crippen LogP contribution is 2.62. The van der Waals surface area contributed by atoms with Crippen molar-refractivity contribution in [1.29, 1.82) is 0 Å². The molecule has 0 aromatic heterocycles. The summed E-state index contributed by atoms with van der Waals surface area (Å²) in [5, 5.41) is 33.7. The van der Waals surface area contributed by atoms with Crippen molar-refractivity contribution in [2.75, 3.05) is 27.3 Å². The number of primary amides is 1. The molecular formula is C27H32N2O9. The van der Waals surface area contributed by atoms with E-state index in [2.05, 4.69) is 0 Å². The van der Waals surface area contributed by atoms with Gasteiger partial charge in [-0.05, 0) is 45.5 Å². The minimum Gasteiger partial charge on any atom is -0.507 e. The number of carbonyl (C=O) groups excluding carboxylic acids is 4. The number of aromatic hydroxyl groups is 1. The first-order chi connectivity index (χ1) is 17.7. The fourth-order valence-electron chi connectivity index (χ4n) is 6.74. The van der Waals surface area contributed by atoms with Crippen LogP contribution in [-0.2, 0) is 35.1 Å². The van der Waals surface area contributed by atoms with Crippen molar-refractivity contribution in [1.82, 2.24) is 4.90 Å². The lowest BCUT2D eigenvalue weighted by Gasteiger charge is -2.60. The topological polar surface area (TPSA) is 177 Å². The van der Waals surface area contributed by atoms with Gasteiger partial charge in [-0.2, -0.15) is 0 Å². The van der Waals surface area contributed by atoms with Gasteiger partial charge in [0.15, 0.2) is 12.2 Å². The zero-order chi connectivity index (χ0) is 28.4. The highest BCUT2D eigenvalue weighted by Gasteiger charge is 2.73. The fraction of sp³-hybridized carbons (Fsp3) is 0.481. The summed E-state index contributed by atoms with van der Waals surface area (Å²) >= 11 is 0. The van der Waals surface area contributed by atoms with Crippen LogP contribution in [-0.4, -0.2) is 82.6 Å². The fourth-order valence-corrected chi connectivity index (χ4v) is 6.74. The summed E-state index contributed by atoms with van der Waals surface area (Å²) in [5.74, 6) is -5.38. The molecule has 11 heteroatoms. The zero-order valence-corrected chi connectivity index (χ0v) is 22.0. The highest BCUT2D eigenvalue weighted by molar-refractivity contribution is 6.33. The van der Waals surface area contributed by atoms with Crippen LogP contribution >= 0.6 is 0 Å². The molecule has 0 bridgehead atoms. The van der Waals surface area contributed by atoms with Crippen LogP contribution in [0.25, 0.3) is 5.76 Å². The molecule has 0 aliphatic heterocycles. The second-order valence-corrected chi connectivity index (χ2v) is 10.8. The van der Waals surface area contributed by atoms with E-state index in [1.54, 1.807) is 45.0 Å². The van der Waals surface area contributed by atoms with Gasteiger partial charge in [0.2, 0.25) is 11.6 Å². The number of ether oxygens (including phenoxy) is 2. The van der Waals surface area contributed by atoms with E-state index >= 15 is 0 Å². The Morgan fingerprint density at radius 1 is 1.16 bits per heavy atom. The molecule has 0 heterocycles. The van der Waals surface area contributed by atoms with Gasteiger partial charge in [0.25, 0.3) is 5.91 Å². The Labute approximate surface area is 219 Å². The minimum atomic E-state index is -2.81. The number of hydrogen-bond donors (Lipinski definition) is 4. The van der Waals surface area contributed by atoms with Gasteiger partial charge in [-0.25, -0.2) is 4.79 Å². The third-order valence-electron chi connectivity index (χ3n) is 7.99. The molecule has 1 amide bonds. The van der Waals surface area contributed by atoms with Gasteiger partial charge in [-0.15, -0.1) is 0 Å². The lowest BCUT2D eigenvalue weighted by molar-refractivity contribution is -0.182. The Bertz CT molecular complexity index is 1330. The van der Waals surface area contributed by atoms with Crippen molar-refractivity contribution in [3.05, 3.63) is 46.2 Å². The summed E-state index contributed by atoms with van der Waals surface area (Å²) in [6.45, 7) is 4.33. The van der Waals surface area contributed by atoms with Gasteiger partial charge in [0.05, 0.1) is 18.2 Å². The number of benzene rings is 1. The van der Waals surface area contributed by atoms with Crippen LogP contribution in [0, 0.1) is 10.8 Å². The van der Waals surface area contributed by atoms with Crippen LogP contribution in [0.3, 0.4) is 0 Å². The third-order valence-corrected chi connectivity index (χ3v) is 7.99. The van der Waals surface area contributed by atoms with Crippen molar-refractivity contribution >= 4 is 29.2 Å². The number of ketones is 2. The maximum absolute atomic E-state index is 14.2. The molecule has 3 aliphatic carbocycles. The van der Waals surface area contributed by atoms with Crippen LogP contribution < -0.4 is 5.73 Å². The Balaban J connectivity index is 1.98. The second kappa shape index (κ2) is 8.95. The molecule has 0 spiro atoms. The van der Waals surface area contributed by atoms with E-state index in [0.29, 0.717) is 5.56 Å². The normalized spacial score (nSPS) is 30.6. The van der Waals surface area contributed by atoms with Gasteiger partial charge in [0.1, 0.15) is 22.8 Å². The number of nitrogens with two attached hydrogens (primary N) is 1. The molecule has 204 valence electrons. The van der Waals surface area contributed by atoms with Crippen LogP contribution in [0.4, 0.5) is 0 Å². The van der Waals surface area contributed by atoms with Crippen LogP contribution in [0.5, 0.6) is 5.75 Å². The maximum atomic E-state index is 14.2. The predicted molar refractivity (Wildman–Crippen MR) is 133 cm³/mol. The molecule has 3 aliphatic rings. The number of likely N-dealkylation sites (N-methyl/N-ethyl adjacent to an activating group) is 1.